The third kappa shape index (κ3) is 2.24. The van der Waals surface area contributed by atoms with Gasteiger partial charge in [0.2, 0.25) is 0 Å². The molecule has 16 heavy (non-hydrogen) atoms. The molecule has 0 unspecified atom stereocenters. The normalized spacial score (nSPS) is 17.4. The Bertz CT molecular complexity index is 380. The molecule has 1 aromatic rings. The molecule has 0 saturated carbocycles. The molecular formula is C11H13NO3S. The van der Waals surface area contributed by atoms with E-state index in [0.717, 1.165) is 12.8 Å². The number of carbonyl (C=O) groups excluding carboxylic acids is 1. The molecule has 86 valence electrons. The number of carbonyl (C=O) groups is 2. The summed E-state index contributed by atoms with van der Waals surface area (Å²) >= 11 is 1.73. The van der Waals surface area contributed by atoms with E-state index in [1.54, 1.807) is 11.3 Å². The van der Waals surface area contributed by atoms with Crippen molar-refractivity contribution in [3.8, 4) is 0 Å². The van der Waals surface area contributed by atoms with Crippen LogP contribution < -0.4 is 0 Å². The van der Waals surface area contributed by atoms with Crippen molar-refractivity contribution in [3.63, 3.8) is 0 Å². The van der Waals surface area contributed by atoms with Crippen LogP contribution in [-0.4, -0.2) is 35.0 Å². The summed E-state index contributed by atoms with van der Waals surface area (Å²) in [4.78, 5) is 24.5. The Balaban J connectivity index is 1.92. The predicted molar refractivity (Wildman–Crippen MR) is 60.5 cm³/mol. The highest BCUT2D eigenvalue weighted by Gasteiger charge is 2.27. The number of carboxylic acids is 1. The van der Waals surface area contributed by atoms with E-state index < -0.39 is 11.9 Å². The number of amides is 1. The first-order valence-electron chi connectivity index (χ1n) is 5.24. The molecule has 2 heterocycles. The molecule has 1 aromatic heterocycles. The Morgan fingerprint density at radius 3 is 2.56 bits per heavy atom. The lowest BCUT2D eigenvalue weighted by molar-refractivity contribution is -0.156. The van der Waals surface area contributed by atoms with Gasteiger partial charge in [-0.05, 0) is 30.2 Å². The van der Waals surface area contributed by atoms with E-state index in [1.165, 1.54) is 9.78 Å². The van der Waals surface area contributed by atoms with E-state index in [4.69, 9.17) is 5.11 Å². The van der Waals surface area contributed by atoms with E-state index >= 15 is 0 Å². The minimum Gasteiger partial charge on any atom is -0.474 e. The maximum Gasteiger partial charge on any atom is 0.394 e. The number of likely N-dealkylation sites (tertiary alicyclic amines) is 1. The van der Waals surface area contributed by atoms with E-state index in [1.807, 2.05) is 11.4 Å². The third-order valence-electron chi connectivity index (χ3n) is 2.91. The standard InChI is InChI=1S/C11H13NO3S/c13-10(11(14)15)12-5-3-8(4-6-12)9-2-1-7-16-9/h1-2,7-8H,3-6H2,(H,14,15). The number of aliphatic carboxylic acids is 1. The van der Waals surface area contributed by atoms with E-state index in [9.17, 15) is 9.59 Å². The highest BCUT2D eigenvalue weighted by molar-refractivity contribution is 7.10. The van der Waals surface area contributed by atoms with Crippen LogP contribution in [0.2, 0.25) is 0 Å². The van der Waals surface area contributed by atoms with Gasteiger partial charge < -0.3 is 10.0 Å². The molecule has 0 aromatic carbocycles. The van der Waals surface area contributed by atoms with Gasteiger partial charge in [-0.15, -0.1) is 11.3 Å². The molecule has 0 radical (unpaired) electrons. The van der Waals surface area contributed by atoms with Crippen LogP contribution in [-0.2, 0) is 9.59 Å². The first-order chi connectivity index (χ1) is 7.68. The van der Waals surface area contributed by atoms with Crippen molar-refractivity contribution in [2.75, 3.05) is 13.1 Å². The lowest BCUT2D eigenvalue weighted by Gasteiger charge is -2.30. The van der Waals surface area contributed by atoms with Crippen molar-refractivity contribution in [2.45, 2.75) is 18.8 Å². The Kier molecular flexibility index (Phi) is 3.24. The lowest BCUT2D eigenvalue weighted by atomic mass is 9.95. The van der Waals surface area contributed by atoms with Gasteiger partial charge in [-0.3, -0.25) is 4.79 Å². The summed E-state index contributed by atoms with van der Waals surface area (Å²) in [6.07, 6.45) is 1.72. The third-order valence-corrected chi connectivity index (χ3v) is 3.95. The first kappa shape index (κ1) is 11.1. The molecule has 1 amide bonds. The second-order valence-corrected chi connectivity index (χ2v) is 4.87. The number of rotatable bonds is 1. The summed E-state index contributed by atoms with van der Waals surface area (Å²) in [7, 11) is 0. The van der Waals surface area contributed by atoms with Gasteiger partial charge >= 0.3 is 11.9 Å². The summed E-state index contributed by atoms with van der Waals surface area (Å²) in [6.45, 7) is 1.10. The molecule has 1 fully saturated rings. The molecule has 1 saturated heterocycles. The molecule has 5 heteroatoms. The smallest absolute Gasteiger partial charge is 0.394 e. The van der Waals surface area contributed by atoms with Gasteiger partial charge in [0.25, 0.3) is 0 Å². The van der Waals surface area contributed by atoms with Crippen molar-refractivity contribution < 1.29 is 14.7 Å². The molecule has 1 aliphatic heterocycles. The fraction of sp³-hybridized carbons (Fsp3) is 0.455. The second kappa shape index (κ2) is 4.65. The van der Waals surface area contributed by atoms with Gasteiger partial charge in [0.05, 0.1) is 0 Å². The van der Waals surface area contributed by atoms with Crippen LogP contribution in [0.1, 0.15) is 23.6 Å². The summed E-state index contributed by atoms with van der Waals surface area (Å²) in [5.41, 5.74) is 0. The highest BCUT2D eigenvalue weighted by Crippen LogP contribution is 2.30. The number of thiophene rings is 1. The van der Waals surface area contributed by atoms with Gasteiger partial charge in [-0.1, -0.05) is 6.07 Å². The fourth-order valence-corrected chi connectivity index (χ4v) is 2.93. The summed E-state index contributed by atoms with van der Waals surface area (Å²) in [5, 5.41) is 10.6. The number of nitrogens with zero attached hydrogens (tertiary/aromatic N) is 1. The first-order valence-corrected chi connectivity index (χ1v) is 6.12. The predicted octanol–water partition coefficient (Wildman–Crippen LogP) is 1.54. The molecule has 4 nitrogen and oxygen atoms in total. The van der Waals surface area contributed by atoms with Crippen LogP contribution in [0.25, 0.3) is 0 Å². The molecule has 1 N–H and O–H groups in total. The van der Waals surface area contributed by atoms with Gasteiger partial charge in [0.1, 0.15) is 0 Å². The number of carboxylic acid groups (broad SMARTS) is 1. The summed E-state index contributed by atoms with van der Waals surface area (Å²) < 4.78 is 0. The Morgan fingerprint density at radius 1 is 1.38 bits per heavy atom. The zero-order valence-corrected chi connectivity index (χ0v) is 9.57. The highest BCUT2D eigenvalue weighted by atomic mass is 32.1. The van der Waals surface area contributed by atoms with Crippen LogP contribution in [0.4, 0.5) is 0 Å². The SMILES string of the molecule is O=C(O)C(=O)N1CCC(c2cccs2)CC1. The largest absolute Gasteiger partial charge is 0.474 e. The van der Waals surface area contributed by atoms with Gasteiger partial charge in [-0.25, -0.2) is 4.79 Å². The van der Waals surface area contributed by atoms with Crippen molar-refractivity contribution >= 4 is 23.2 Å². The summed E-state index contributed by atoms with van der Waals surface area (Å²) in [5.74, 6) is -1.64. The minimum atomic E-state index is -1.35. The monoisotopic (exact) mass is 239 g/mol. The van der Waals surface area contributed by atoms with Crippen molar-refractivity contribution in [3.05, 3.63) is 22.4 Å². The maximum absolute atomic E-state index is 11.2. The Morgan fingerprint density at radius 2 is 2.06 bits per heavy atom. The minimum absolute atomic E-state index is 0.484. The zero-order chi connectivity index (χ0) is 11.5. The average Bonchev–Trinajstić information content (AvgIpc) is 2.81. The topological polar surface area (TPSA) is 57.6 Å². The summed E-state index contributed by atoms with van der Waals surface area (Å²) in [6, 6.07) is 4.12. The van der Waals surface area contributed by atoms with Crippen molar-refractivity contribution in [1.29, 1.82) is 0 Å². The van der Waals surface area contributed by atoms with Gasteiger partial charge in [0.15, 0.2) is 0 Å². The molecule has 1 aliphatic rings. The van der Waals surface area contributed by atoms with Crippen molar-refractivity contribution in [2.24, 2.45) is 0 Å². The van der Waals surface area contributed by atoms with Crippen LogP contribution in [0.5, 0.6) is 0 Å². The van der Waals surface area contributed by atoms with Crippen LogP contribution in [0.15, 0.2) is 17.5 Å². The average molecular weight is 239 g/mol. The van der Waals surface area contributed by atoms with Crippen molar-refractivity contribution in [1.82, 2.24) is 4.90 Å². The van der Waals surface area contributed by atoms with Gasteiger partial charge in [0, 0.05) is 18.0 Å². The van der Waals surface area contributed by atoms with E-state index in [-0.39, 0.29) is 0 Å². The second-order valence-electron chi connectivity index (χ2n) is 3.89. The molecular weight excluding hydrogens is 226 g/mol. The zero-order valence-electron chi connectivity index (χ0n) is 8.76. The lowest BCUT2D eigenvalue weighted by Crippen LogP contribution is -2.41. The molecule has 2 rings (SSSR count). The Labute approximate surface area is 97.5 Å². The van der Waals surface area contributed by atoms with Crippen LogP contribution >= 0.6 is 11.3 Å². The quantitative estimate of drug-likeness (QED) is 0.756. The molecule has 0 atom stereocenters. The maximum atomic E-state index is 11.2. The molecule has 0 aliphatic carbocycles. The van der Waals surface area contributed by atoms with E-state index in [0.29, 0.717) is 19.0 Å². The number of piperidine rings is 1. The molecule has 0 spiro atoms. The number of hydrogen-bond donors (Lipinski definition) is 1. The Hall–Kier alpha value is -1.36. The number of hydrogen-bond acceptors (Lipinski definition) is 3. The molecule has 0 bridgehead atoms. The van der Waals surface area contributed by atoms with Gasteiger partial charge in [-0.2, -0.15) is 0 Å². The van der Waals surface area contributed by atoms with Crippen LogP contribution in [0.3, 0.4) is 0 Å². The van der Waals surface area contributed by atoms with E-state index in [2.05, 4.69) is 6.07 Å². The van der Waals surface area contributed by atoms with Crippen LogP contribution in [0, 0.1) is 0 Å². The fourth-order valence-electron chi connectivity index (χ4n) is 2.03.